The molecule has 0 aromatic heterocycles. The van der Waals surface area contributed by atoms with Crippen molar-refractivity contribution in [3.63, 3.8) is 0 Å². The summed E-state index contributed by atoms with van der Waals surface area (Å²) < 4.78 is 0. The normalized spacial score (nSPS) is 11.1. The Morgan fingerprint density at radius 3 is 2.19 bits per heavy atom. The average molecular weight is 301 g/mol. The lowest BCUT2D eigenvalue weighted by Gasteiger charge is -2.27. The topological polar surface area (TPSA) is 98.7 Å². The minimum atomic E-state index is -0.885. The molecule has 0 rings (SSSR count). The first-order valence-electron chi connectivity index (χ1n) is 7.10. The Hall–Kier alpha value is -1.79. The molecule has 0 saturated heterocycles. The summed E-state index contributed by atoms with van der Waals surface area (Å²) in [6.07, 6.45) is 0.399. The van der Waals surface area contributed by atoms with E-state index < -0.39 is 5.97 Å². The fourth-order valence-electron chi connectivity index (χ4n) is 1.71. The van der Waals surface area contributed by atoms with Crippen molar-refractivity contribution in [3.05, 3.63) is 0 Å². The summed E-state index contributed by atoms with van der Waals surface area (Å²) in [5.41, 5.74) is -0.346. The van der Waals surface area contributed by atoms with Gasteiger partial charge in [0.1, 0.15) is 0 Å². The lowest BCUT2D eigenvalue weighted by molar-refractivity contribution is -0.137. The van der Waals surface area contributed by atoms with Crippen LogP contribution < -0.4 is 10.6 Å². The zero-order valence-electron chi connectivity index (χ0n) is 13.5. The number of nitrogens with zero attached hydrogens (tertiary/aromatic N) is 1. The number of urea groups is 1. The van der Waals surface area contributed by atoms with Gasteiger partial charge in [-0.05, 0) is 41.0 Å². The molecule has 7 heteroatoms. The van der Waals surface area contributed by atoms with E-state index in [4.69, 9.17) is 5.11 Å². The van der Waals surface area contributed by atoms with Crippen LogP contribution in [0, 0.1) is 0 Å². The van der Waals surface area contributed by atoms with Gasteiger partial charge in [-0.15, -0.1) is 0 Å². The second-order valence-corrected chi connectivity index (χ2v) is 6.24. The minimum Gasteiger partial charge on any atom is -0.481 e. The van der Waals surface area contributed by atoms with Crippen LogP contribution in [0.3, 0.4) is 0 Å². The van der Waals surface area contributed by atoms with E-state index in [9.17, 15) is 14.4 Å². The van der Waals surface area contributed by atoms with Crippen LogP contribution in [0.15, 0.2) is 0 Å². The Bertz CT molecular complexity index is 375. The van der Waals surface area contributed by atoms with Crippen molar-refractivity contribution in [2.75, 3.05) is 13.1 Å². The highest BCUT2D eigenvalue weighted by Crippen LogP contribution is 2.03. The summed E-state index contributed by atoms with van der Waals surface area (Å²) in [7, 11) is 0. The summed E-state index contributed by atoms with van der Waals surface area (Å²) in [5, 5.41) is 13.9. The lowest BCUT2D eigenvalue weighted by Crippen LogP contribution is -2.50. The van der Waals surface area contributed by atoms with Crippen molar-refractivity contribution in [2.24, 2.45) is 0 Å². The predicted octanol–water partition coefficient (Wildman–Crippen LogP) is 1.19. The van der Waals surface area contributed by atoms with Crippen molar-refractivity contribution >= 4 is 17.9 Å². The third-order valence-corrected chi connectivity index (χ3v) is 2.59. The van der Waals surface area contributed by atoms with E-state index in [1.165, 1.54) is 4.90 Å². The van der Waals surface area contributed by atoms with Gasteiger partial charge in [0.25, 0.3) is 0 Å². The van der Waals surface area contributed by atoms with Crippen molar-refractivity contribution in [2.45, 2.75) is 59.0 Å². The lowest BCUT2D eigenvalue weighted by atomic mass is 10.1. The Morgan fingerprint density at radius 2 is 1.76 bits per heavy atom. The Kier molecular flexibility index (Phi) is 7.76. The number of carboxylic acids is 1. The van der Waals surface area contributed by atoms with Gasteiger partial charge in [0.15, 0.2) is 0 Å². The van der Waals surface area contributed by atoms with Gasteiger partial charge in [-0.2, -0.15) is 0 Å². The van der Waals surface area contributed by atoms with Crippen molar-refractivity contribution in [3.8, 4) is 0 Å². The molecule has 0 bridgehead atoms. The molecule has 122 valence electrons. The van der Waals surface area contributed by atoms with Crippen LogP contribution in [0.2, 0.25) is 0 Å². The zero-order valence-corrected chi connectivity index (χ0v) is 13.5. The van der Waals surface area contributed by atoms with E-state index in [-0.39, 0.29) is 36.5 Å². The molecule has 0 aromatic rings. The SMILES string of the molecule is CC(C)N(CCCC(=O)O)C(=O)NCC(=O)NC(C)(C)C. The van der Waals surface area contributed by atoms with Crippen LogP contribution in [0.25, 0.3) is 0 Å². The molecule has 0 aliphatic carbocycles. The summed E-state index contributed by atoms with van der Waals surface area (Å²) in [6, 6.07) is -0.427. The Morgan fingerprint density at radius 1 is 1.19 bits per heavy atom. The van der Waals surface area contributed by atoms with Gasteiger partial charge in [0.2, 0.25) is 5.91 Å². The number of hydrogen-bond acceptors (Lipinski definition) is 3. The third kappa shape index (κ3) is 9.70. The number of nitrogens with one attached hydrogen (secondary N) is 2. The van der Waals surface area contributed by atoms with Gasteiger partial charge in [0, 0.05) is 24.5 Å². The molecular formula is C14H27N3O4. The molecule has 0 saturated carbocycles. The smallest absolute Gasteiger partial charge is 0.318 e. The van der Waals surface area contributed by atoms with Crippen molar-refractivity contribution < 1.29 is 19.5 Å². The van der Waals surface area contributed by atoms with E-state index in [1.807, 2.05) is 34.6 Å². The summed E-state index contributed by atoms with van der Waals surface area (Å²) in [6.45, 7) is 9.51. The first-order valence-corrected chi connectivity index (χ1v) is 7.10. The highest BCUT2D eigenvalue weighted by Gasteiger charge is 2.19. The molecule has 7 nitrogen and oxygen atoms in total. The molecule has 3 amide bonds. The molecule has 0 atom stereocenters. The Balaban J connectivity index is 4.30. The molecule has 3 N–H and O–H groups in total. The highest BCUT2D eigenvalue weighted by atomic mass is 16.4. The summed E-state index contributed by atoms with van der Waals surface area (Å²) >= 11 is 0. The van der Waals surface area contributed by atoms with E-state index in [1.54, 1.807) is 0 Å². The summed E-state index contributed by atoms with van der Waals surface area (Å²) in [4.78, 5) is 35.7. The summed E-state index contributed by atoms with van der Waals surface area (Å²) in [5.74, 6) is -1.14. The number of carboxylic acid groups (broad SMARTS) is 1. The van der Waals surface area contributed by atoms with E-state index in [0.29, 0.717) is 13.0 Å². The third-order valence-electron chi connectivity index (χ3n) is 2.59. The van der Waals surface area contributed by atoms with Gasteiger partial charge in [-0.3, -0.25) is 9.59 Å². The van der Waals surface area contributed by atoms with E-state index in [2.05, 4.69) is 10.6 Å². The van der Waals surface area contributed by atoms with Crippen LogP contribution in [0.5, 0.6) is 0 Å². The second kappa shape index (κ2) is 8.49. The molecule has 0 aromatic carbocycles. The molecule has 0 heterocycles. The molecule has 0 aliphatic rings. The fourth-order valence-corrected chi connectivity index (χ4v) is 1.71. The number of carbonyl (C=O) groups is 3. The van der Waals surface area contributed by atoms with Crippen LogP contribution >= 0.6 is 0 Å². The molecule has 0 spiro atoms. The van der Waals surface area contributed by atoms with Crippen molar-refractivity contribution in [1.82, 2.24) is 15.5 Å². The molecule has 0 unspecified atom stereocenters. The first-order chi connectivity index (χ1) is 9.53. The number of carbonyl (C=O) groups excluding carboxylic acids is 2. The maximum atomic E-state index is 12.0. The van der Waals surface area contributed by atoms with Crippen LogP contribution in [0.4, 0.5) is 4.79 Å². The number of aliphatic carboxylic acids is 1. The first kappa shape index (κ1) is 19.2. The number of rotatable bonds is 7. The quantitative estimate of drug-likeness (QED) is 0.657. The van der Waals surface area contributed by atoms with Gasteiger partial charge < -0.3 is 20.6 Å². The van der Waals surface area contributed by atoms with Crippen molar-refractivity contribution in [1.29, 1.82) is 0 Å². The molecule has 0 aliphatic heterocycles. The second-order valence-electron chi connectivity index (χ2n) is 6.24. The molecule has 0 fully saturated rings. The average Bonchev–Trinajstić information content (AvgIpc) is 2.28. The predicted molar refractivity (Wildman–Crippen MR) is 80.0 cm³/mol. The van der Waals surface area contributed by atoms with Gasteiger partial charge in [0.05, 0.1) is 6.54 Å². The fraction of sp³-hybridized carbons (Fsp3) is 0.786. The van der Waals surface area contributed by atoms with E-state index >= 15 is 0 Å². The standard InChI is InChI=1S/C14H27N3O4/c1-10(2)17(8-6-7-12(19)20)13(21)15-9-11(18)16-14(3,4)5/h10H,6-9H2,1-5H3,(H,15,21)(H,16,18)(H,19,20). The molecule has 0 radical (unpaired) electrons. The van der Waals surface area contributed by atoms with Crippen LogP contribution in [-0.4, -0.2) is 52.6 Å². The van der Waals surface area contributed by atoms with Crippen LogP contribution in [0.1, 0.15) is 47.5 Å². The highest BCUT2D eigenvalue weighted by molar-refractivity contribution is 5.84. The van der Waals surface area contributed by atoms with Gasteiger partial charge in [-0.25, -0.2) is 4.79 Å². The monoisotopic (exact) mass is 301 g/mol. The van der Waals surface area contributed by atoms with Gasteiger partial charge in [-0.1, -0.05) is 0 Å². The molecule has 21 heavy (non-hydrogen) atoms. The zero-order chi connectivity index (χ0) is 16.6. The number of amides is 3. The maximum absolute atomic E-state index is 12.0. The molecular weight excluding hydrogens is 274 g/mol. The number of hydrogen-bond donors (Lipinski definition) is 3. The van der Waals surface area contributed by atoms with Crippen LogP contribution in [-0.2, 0) is 9.59 Å². The van der Waals surface area contributed by atoms with E-state index in [0.717, 1.165) is 0 Å². The largest absolute Gasteiger partial charge is 0.481 e. The maximum Gasteiger partial charge on any atom is 0.318 e. The minimum absolute atomic E-state index is 0.0149. The van der Waals surface area contributed by atoms with Gasteiger partial charge >= 0.3 is 12.0 Å². The Labute approximate surface area is 126 Å².